The van der Waals surface area contributed by atoms with E-state index in [4.69, 9.17) is 5.11 Å². The molecule has 0 saturated heterocycles. The lowest BCUT2D eigenvalue weighted by atomic mass is 9.71. The minimum absolute atomic E-state index is 0.110. The van der Waals surface area contributed by atoms with Gasteiger partial charge in [0.2, 0.25) is 0 Å². The summed E-state index contributed by atoms with van der Waals surface area (Å²) >= 11 is 0. The van der Waals surface area contributed by atoms with Crippen LogP contribution in [-0.2, 0) is 4.79 Å². The number of benzene rings is 1. The minimum atomic E-state index is -0.712. The minimum Gasteiger partial charge on any atom is -0.481 e. The summed E-state index contributed by atoms with van der Waals surface area (Å²) in [7, 11) is 0. The van der Waals surface area contributed by atoms with Crippen LogP contribution in [0.5, 0.6) is 0 Å². The number of urea groups is 1. The Morgan fingerprint density at radius 2 is 1.71 bits per heavy atom. The van der Waals surface area contributed by atoms with Crippen molar-refractivity contribution in [3.05, 3.63) is 35.9 Å². The van der Waals surface area contributed by atoms with Gasteiger partial charge in [0.15, 0.2) is 0 Å². The van der Waals surface area contributed by atoms with Crippen molar-refractivity contribution in [3.63, 3.8) is 0 Å². The molecule has 2 aliphatic rings. The van der Waals surface area contributed by atoms with E-state index >= 15 is 0 Å². The first-order valence-electron chi connectivity index (χ1n) is 8.94. The lowest BCUT2D eigenvalue weighted by Gasteiger charge is -2.36. The summed E-state index contributed by atoms with van der Waals surface area (Å²) in [4.78, 5) is 22.9. The molecule has 1 aromatic rings. The lowest BCUT2D eigenvalue weighted by Crippen LogP contribution is -2.46. The highest BCUT2D eigenvalue weighted by atomic mass is 16.4. The Bertz CT molecular complexity index is 561. The standard InChI is InChI=1S/C19H26N2O3/c22-18(23)15-6-8-17(9-7-15)21-19(24)20-12-13-10-16(11-13)14-4-2-1-3-5-14/h1-5,13,15-17H,6-12H2,(H,22,23)(H2,20,21,24). The van der Waals surface area contributed by atoms with Crippen LogP contribution in [0, 0.1) is 11.8 Å². The molecule has 0 aliphatic heterocycles. The highest BCUT2D eigenvalue weighted by Gasteiger charge is 2.31. The number of carboxylic acid groups (broad SMARTS) is 1. The normalized spacial score (nSPS) is 29.3. The Morgan fingerprint density at radius 1 is 1.04 bits per heavy atom. The van der Waals surface area contributed by atoms with E-state index in [2.05, 4.69) is 34.9 Å². The highest BCUT2D eigenvalue weighted by molar-refractivity contribution is 5.74. The second-order valence-corrected chi connectivity index (χ2v) is 7.19. The molecule has 130 valence electrons. The predicted molar refractivity (Wildman–Crippen MR) is 91.8 cm³/mol. The van der Waals surface area contributed by atoms with Crippen LogP contribution in [0.3, 0.4) is 0 Å². The van der Waals surface area contributed by atoms with Crippen molar-refractivity contribution in [2.45, 2.75) is 50.5 Å². The Morgan fingerprint density at radius 3 is 2.33 bits per heavy atom. The van der Waals surface area contributed by atoms with Crippen LogP contribution in [0.4, 0.5) is 4.79 Å². The van der Waals surface area contributed by atoms with Gasteiger partial charge in [-0.25, -0.2) is 4.79 Å². The van der Waals surface area contributed by atoms with Crippen LogP contribution >= 0.6 is 0 Å². The summed E-state index contributed by atoms with van der Waals surface area (Å²) in [5, 5.41) is 14.9. The SMILES string of the molecule is O=C(NCC1CC(c2ccccc2)C1)NC1CCC(C(=O)O)CC1. The number of rotatable bonds is 5. The Balaban J connectivity index is 1.31. The van der Waals surface area contributed by atoms with Crippen molar-refractivity contribution < 1.29 is 14.7 Å². The molecule has 0 heterocycles. The van der Waals surface area contributed by atoms with Crippen molar-refractivity contribution in [2.24, 2.45) is 11.8 Å². The van der Waals surface area contributed by atoms with E-state index < -0.39 is 5.97 Å². The molecular weight excluding hydrogens is 304 g/mol. The predicted octanol–water partition coefficient (Wildman–Crippen LogP) is 3.12. The monoisotopic (exact) mass is 330 g/mol. The first-order chi connectivity index (χ1) is 11.6. The fourth-order valence-corrected chi connectivity index (χ4v) is 3.86. The summed E-state index contributed by atoms with van der Waals surface area (Å²) in [6.07, 6.45) is 5.08. The molecule has 2 fully saturated rings. The van der Waals surface area contributed by atoms with Crippen LogP contribution in [0.2, 0.25) is 0 Å². The van der Waals surface area contributed by atoms with Crippen molar-refractivity contribution in [3.8, 4) is 0 Å². The topological polar surface area (TPSA) is 78.4 Å². The van der Waals surface area contributed by atoms with Crippen LogP contribution < -0.4 is 10.6 Å². The lowest BCUT2D eigenvalue weighted by molar-refractivity contribution is -0.142. The summed E-state index contributed by atoms with van der Waals surface area (Å²) in [6.45, 7) is 0.722. The molecule has 0 spiro atoms. The third-order valence-corrected chi connectivity index (χ3v) is 5.47. The molecule has 2 saturated carbocycles. The van der Waals surface area contributed by atoms with Gasteiger partial charge >= 0.3 is 12.0 Å². The van der Waals surface area contributed by atoms with E-state index in [-0.39, 0.29) is 18.0 Å². The fourth-order valence-electron chi connectivity index (χ4n) is 3.86. The zero-order chi connectivity index (χ0) is 16.9. The number of amides is 2. The van der Waals surface area contributed by atoms with E-state index in [1.807, 2.05) is 6.07 Å². The zero-order valence-corrected chi connectivity index (χ0v) is 13.9. The molecule has 0 unspecified atom stereocenters. The van der Waals surface area contributed by atoms with Gasteiger partial charge in [-0.05, 0) is 55.9 Å². The Kier molecular flexibility index (Phi) is 5.38. The van der Waals surface area contributed by atoms with Gasteiger partial charge in [0.25, 0.3) is 0 Å². The second-order valence-electron chi connectivity index (χ2n) is 7.19. The molecule has 0 bridgehead atoms. The largest absolute Gasteiger partial charge is 0.481 e. The van der Waals surface area contributed by atoms with Gasteiger partial charge in [-0.15, -0.1) is 0 Å². The molecule has 3 rings (SSSR count). The highest BCUT2D eigenvalue weighted by Crippen LogP contribution is 2.40. The van der Waals surface area contributed by atoms with Gasteiger partial charge in [-0.1, -0.05) is 30.3 Å². The first-order valence-corrected chi connectivity index (χ1v) is 8.94. The maximum atomic E-state index is 12.0. The van der Waals surface area contributed by atoms with E-state index in [1.54, 1.807) is 0 Å². The third-order valence-electron chi connectivity index (χ3n) is 5.47. The average Bonchev–Trinajstić information content (AvgIpc) is 2.55. The summed E-state index contributed by atoms with van der Waals surface area (Å²) in [5.74, 6) is 0.239. The van der Waals surface area contributed by atoms with Gasteiger partial charge in [0, 0.05) is 12.6 Å². The van der Waals surface area contributed by atoms with Gasteiger partial charge in [0.1, 0.15) is 0 Å². The van der Waals surface area contributed by atoms with E-state index in [0.29, 0.717) is 24.7 Å². The molecule has 2 amide bonds. The Labute approximate surface area is 142 Å². The van der Waals surface area contributed by atoms with Crippen molar-refractivity contribution >= 4 is 12.0 Å². The molecular formula is C19H26N2O3. The van der Waals surface area contributed by atoms with Crippen molar-refractivity contribution in [2.75, 3.05) is 6.54 Å². The molecule has 0 aromatic heterocycles. The molecule has 2 aliphatic carbocycles. The number of carboxylic acids is 1. The fraction of sp³-hybridized carbons (Fsp3) is 0.579. The number of carbonyl (C=O) groups excluding carboxylic acids is 1. The van der Waals surface area contributed by atoms with Gasteiger partial charge in [0.05, 0.1) is 5.92 Å². The molecule has 0 atom stereocenters. The zero-order valence-electron chi connectivity index (χ0n) is 13.9. The molecule has 5 heteroatoms. The van der Waals surface area contributed by atoms with Gasteiger partial charge < -0.3 is 15.7 Å². The summed E-state index contributed by atoms with van der Waals surface area (Å²) in [6, 6.07) is 10.5. The number of carbonyl (C=O) groups is 2. The molecule has 3 N–H and O–H groups in total. The molecule has 5 nitrogen and oxygen atoms in total. The smallest absolute Gasteiger partial charge is 0.315 e. The number of nitrogens with one attached hydrogen (secondary N) is 2. The van der Waals surface area contributed by atoms with Crippen molar-refractivity contribution in [1.29, 1.82) is 0 Å². The maximum Gasteiger partial charge on any atom is 0.315 e. The first kappa shape index (κ1) is 16.8. The summed E-state index contributed by atoms with van der Waals surface area (Å²) in [5.41, 5.74) is 1.40. The number of hydrogen-bond acceptors (Lipinski definition) is 2. The van der Waals surface area contributed by atoms with Crippen molar-refractivity contribution in [1.82, 2.24) is 10.6 Å². The number of hydrogen-bond donors (Lipinski definition) is 3. The quantitative estimate of drug-likeness (QED) is 0.776. The van der Waals surface area contributed by atoms with E-state index in [0.717, 1.165) is 32.2 Å². The average molecular weight is 330 g/mol. The van der Waals surface area contributed by atoms with Gasteiger partial charge in [-0.3, -0.25) is 4.79 Å². The van der Waals surface area contributed by atoms with Crippen LogP contribution in [0.15, 0.2) is 30.3 Å². The van der Waals surface area contributed by atoms with Crippen LogP contribution in [0.1, 0.15) is 50.0 Å². The third kappa shape index (κ3) is 4.28. The van der Waals surface area contributed by atoms with E-state index in [9.17, 15) is 9.59 Å². The maximum absolute atomic E-state index is 12.0. The Hall–Kier alpha value is -2.04. The van der Waals surface area contributed by atoms with Crippen LogP contribution in [0.25, 0.3) is 0 Å². The molecule has 24 heavy (non-hydrogen) atoms. The molecule has 0 radical (unpaired) electrons. The molecule has 1 aromatic carbocycles. The summed E-state index contributed by atoms with van der Waals surface area (Å²) < 4.78 is 0. The number of aliphatic carboxylic acids is 1. The second kappa shape index (κ2) is 7.69. The van der Waals surface area contributed by atoms with Crippen LogP contribution in [-0.4, -0.2) is 29.7 Å². The van der Waals surface area contributed by atoms with Gasteiger partial charge in [-0.2, -0.15) is 0 Å². The van der Waals surface area contributed by atoms with E-state index in [1.165, 1.54) is 5.56 Å².